The fourth-order valence-corrected chi connectivity index (χ4v) is 2.33. The van der Waals surface area contributed by atoms with Crippen LogP contribution in [0.1, 0.15) is 29.4 Å². The predicted molar refractivity (Wildman–Crippen MR) is 81.2 cm³/mol. The van der Waals surface area contributed by atoms with Crippen molar-refractivity contribution < 1.29 is 4.74 Å². The summed E-state index contributed by atoms with van der Waals surface area (Å²) in [6, 6.07) is 8.42. The Labute approximate surface area is 120 Å². The number of hydrogen-bond acceptors (Lipinski definition) is 3. The number of methoxy groups -OCH3 is 1. The number of aryl methyl sites for hydroxylation is 2. The van der Waals surface area contributed by atoms with E-state index in [-0.39, 0.29) is 0 Å². The molecular weight excluding hydrogens is 250 g/mol. The highest BCUT2D eigenvalue weighted by atomic mass is 16.5. The molecule has 0 radical (unpaired) electrons. The first kappa shape index (κ1) is 14.6. The van der Waals surface area contributed by atoms with Crippen molar-refractivity contribution in [1.29, 1.82) is 0 Å². The second kappa shape index (κ2) is 6.57. The summed E-state index contributed by atoms with van der Waals surface area (Å²) in [6.07, 6.45) is 0. The third kappa shape index (κ3) is 3.39. The Balaban J connectivity index is 2.26. The summed E-state index contributed by atoms with van der Waals surface area (Å²) >= 11 is 0. The van der Waals surface area contributed by atoms with E-state index >= 15 is 0 Å². The average molecular weight is 273 g/mol. The van der Waals surface area contributed by atoms with Gasteiger partial charge >= 0.3 is 0 Å². The van der Waals surface area contributed by atoms with Crippen molar-refractivity contribution >= 4 is 0 Å². The van der Waals surface area contributed by atoms with Crippen LogP contribution >= 0.6 is 0 Å². The van der Waals surface area contributed by atoms with Gasteiger partial charge in [0.2, 0.25) is 0 Å². The zero-order chi connectivity index (χ0) is 14.5. The third-order valence-corrected chi connectivity index (χ3v) is 3.35. The van der Waals surface area contributed by atoms with Gasteiger partial charge in [-0.05, 0) is 44.2 Å². The molecule has 0 aliphatic carbocycles. The Morgan fingerprint density at radius 1 is 1.25 bits per heavy atom. The van der Waals surface area contributed by atoms with Gasteiger partial charge in [0.05, 0.1) is 19.3 Å². The lowest BCUT2D eigenvalue weighted by Crippen LogP contribution is -2.12. The fourth-order valence-electron chi connectivity index (χ4n) is 2.33. The van der Waals surface area contributed by atoms with Gasteiger partial charge in [0.25, 0.3) is 0 Å². The van der Waals surface area contributed by atoms with Crippen LogP contribution in [0.15, 0.2) is 24.3 Å². The molecule has 1 N–H and O–H groups in total. The zero-order valence-corrected chi connectivity index (χ0v) is 12.7. The number of nitrogens with zero attached hydrogens (tertiary/aromatic N) is 2. The van der Waals surface area contributed by atoms with E-state index in [0.717, 1.165) is 36.6 Å². The van der Waals surface area contributed by atoms with Crippen LogP contribution in [-0.2, 0) is 13.1 Å². The second-order valence-electron chi connectivity index (χ2n) is 5.01. The highest BCUT2D eigenvalue weighted by molar-refractivity contribution is 5.37. The standard InChI is InChI=1S/C16H23N3O/c1-5-17-10-14-6-7-16(20-4)15(9-14)11-19-13(3)8-12(2)18-19/h6-9,17H,5,10-11H2,1-4H3. The molecular formula is C16H23N3O. The normalized spacial score (nSPS) is 10.8. The Morgan fingerprint density at radius 3 is 2.65 bits per heavy atom. The second-order valence-corrected chi connectivity index (χ2v) is 5.01. The molecule has 20 heavy (non-hydrogen) atoms. The van der Waals surface area contributed by atoms with Gasteiger partial charge in [0.15, 0.2) is 0 Å². The van der Waals surface area contributed by atoms with Crippen LogP contribution in [0.3, 0.4) is 0 Å². The van der Waals surface area contributed by atoms with Crippen molar-refractivity contribution in [3.05, 3.63) is 46.8 Å². The maximum absolute atomic E-state index is 5.46. The van der Waals surface area contributed by atoms with Crippen molar-refractivity contribution in [2.45, 2.75) is 33.9 Å². The molecule has 2 aromatic rings. The fraction of sp³-hybridized carbons (Fsp3) is 0.438. The van der Waals surface area contributed by atoms with Gasteiger partial charge < -0.3 is 10.1 Å². The lowest BCUT2D eigenvalue weighted by atomic mass is 10.1. The summed E-state index contributed by atoms with van der Waals surface area (Å²) in [5.74, 6) is 0.915. The van der Waals surface area contributed by atoms with E-state index in [2.05, 4.69) is 42.5 Å². The SMILES string of the molecule is CCNCc1ccc(OC)c(Cn2nc(C)cc2C)c1. The summed E-state index contributed by atoms with van der Waals surface area (Å²) in [5.41, 5.74) is 4.64. The Kier molecular flexibility index (Phi) is 4.79. The quantitative estimate of drug-likeness (QED) is 0.879. The highest BCUT2D eigenvalue weighted by Gasteiger charge is 2.08. The Bertz CT molecular complexity index is 575. The van der Waals surface area contributed by atoms with E-state index in [0.29, 0.717) is 0 Å². The molecule has 0 atom stereocenters. The molecule has 1 aromatic heterocycles. The number of ether oxygens (including phenoxy) is 1. The third-order valence-electron chi connectivity index (χ3n) is 3.35. The molecule has 2 rings (SSSR count). The average Bonchev–Trinajstić information content (AvgIpc) is 2.75. The maximum atomic E-state index is 5.46. The minimum Gasteiger partial charge on any atom is -0.496 e. The van der Waals surface area contributed by atoms with Crippen LogP contribution in [-0.4, -0.2) is 23.4 Å². The number of aromatic nitrogens is 2. The number of hydrogen-bond donors (Lipinski definition) is 1. The Morgan fingerprint density at radius 2 is 2.05 bits per heavy atom. The molecule has 0 fully saturated rings. The molecule has 0 saturated heterocycles. The van der Waals surface area contributed by atoms with Crippen LogP contribution in [0, 0.1) is 13.8 Å². The summed E-state index contributed by atoms with van der Waals surface area (Å²) in [7, 11) is 1.71. The van der Waals surface area contributed by atoms with E-state index in [1.165, 1.54) is 11.3 Å². The van der Waals surface area contributed by atoms with Crippen molar-refractivity contribution in [2.24, 2.45) is 0 Å². The smallest absolute Gasteiger partial charge is 0.123 e. The van der Waals surface area contributed by atoms with Crippen molar-refractivity contribution in [3.8, 4) is 5.75 Å². The number of nitrogens with one attached hydrogen (secondary N) is 1. The molecule has 108 valence electrons. The lowest BCUT2D eigenvalue weighted by molar-refractivity contribution is 0.406. The highest BCUT2D eigenvalue weighted by Crippen LogP contribution is 2.21. The summed E-state index contributed by atoms with van der Waals surface area (Å²) < 4.78 is 7.48. The van der Waals surface area contributed by atoms with Crippen LogP contribution < -0.4 is 10.1 Å². The van der Waals surface area contributed by atoms with Crippen molar-refractivity contribution in [2.75, 3.05) is 13.7 Å². The summed E-state index contributed by atoms with van der Waals surface area (Å²) in [6.45, 7) is 8.80. The maximum Gasteiger partial charge on any atom is 0.123 e. The topological polar surface area (TPSA) is 39.1 Å². The Hall–Kier alpha value is -1.81. The van der Waals surface area contributed by atoms with Gasteiger partial charge in [0.1, 0.15) is 5.75 Å². The van der Waals surface area contributed by atoms with Gasteiger partial charge in [-0.15, -0.1) is 0 Å². The minimum absolute atomic E-state index is 0.739. The monoisotopic (exact) mass is 273 g/mol. The molecule has 0 spiro atoms. The number of rotatable bonds is 6. The molecule has 0 amide bonds. The molecule has 1 heterocycles. The molecule has 0 unspecified atom stereocenters. The van der Waals surface area contributed by atoms with Gasteiger partial charge in [-0.25, -0.2) is 0 Å². The first-order valence-corrected chi connectivity index (χ1v) is 7.01. The first-order valence-electron chi connectivity index (χ1n) is 7.01. The number of benzene rings is 1. The molecule has 4 heteroatoms. The molecule has 0 bridgehead atoms. The minimum atomic E-state index is 0.739. The molecule has 1 aromatic carbocycles. The van der Waals surface area contributed by atoms with E-state index in [9.17, 15) is 0 Å². The van der Waals surface area contributed by atoms with Crippen LogP contribution in [0.5, 0.6) is 5.75 Å². The van der Waals surface area contributed by atoms with E-state index in [4.69, 9.17) is 4.74 Å². The zero-order valence-electron chi connectivity index (χ0n) is 12.7. The lowest BCUT2D eigenvalue weighted by Gasteiger charge is -2.12. The van der Waals surface area contributed by atoms with Crippen LogP contribution in [0.2, 0.25) is 0 Å². The van der Waals surface area contributed by atoms with E-state index in [1.807, 2.05) is 17.7 Å². The van der Waals surface area contributed by atoms with Crippen LogP contribution in [0.25, 0.3) is 0 Å². The largest absolute Gasteiger partial charge is 0.496 e. The van der Waals surface area contributed by atoms with E-state index in [1.54, 1.807) is 7.11 Å². The van der Waals surface area contributed by atoms with Gasteiger partial charge in [-0.1, -0.05) is 13.0 Å². The summed E-state index contributed by atoms with van der Waals surface area (Å²) in [4.78, 5) is 0. The van der Waals surface area contributed by atoms with Crippen molar-refractivity contribution in [3.63, 3.8) is 0 Å². The van der Waals surface area contributed by atoms with Gasteiger partial charge in [0, 0.05) is 17.8 Å². The molecule has 0 aliphatic heterocycles. The molecule has 0 aliphatic rings. The molecule has 0 saturated carbocycles. The van der Waals surface area contributed by atoms with Gasteiger partial charge in [-0.3, -0.25) is 4.68 Å². The van der Waals surface area contributed by atoms with Crippen molar-refractivity contribution in [1.82, 2.24) is 15.1 Å². The first-order chi connectivity index (χ1) is 9.63. The molecule has 4 nitrogen and oxygen atoms in total. The summed E-state index contributed by atoms with van der Waals surface area (Å²) in [5, 5.41) is 7.86. The van der Waals surface area contributed by atoms with Gasteiger partial charge in [-0.2, -0.15) is 5.10 Å². The van der Waals surface area contributed by atoms with Crippen LogP contribution in [0.4, 0.5) is 0 Å². The van der Waals surface area contributed by atoms with E-state index < -0.39 is 0 Å². The predicted octanol–water partition coefficient (Wildman–Crippen LogP) is 2.67.